The van der Waals surface area contributed by atoms with Crippen LogP contribution in [0.2, 0.25) is 0 Å². The Hall–Kier alpha value is -3.57. The van der Waals surface area contributed by atoms with Crippen LogP contribution in [0.5, 0.6) is 0 Å². The quantitative estimate of drug-likeness (QED) is 0.397. The van der Waals surface area contributed by atoms with E-state index in [1.54, 1.807) is 0 Å². The molecule has 1 heterocycles. The molecule has 0 radical (unpaired) electrons. The summed E-state index contributed by atoms with van der Waals surface area (Å²) in [4.78, 5) is 25.2. The van der Waals surface area contributed by atoms with Crippen molar-refractivity contribution in [2.24, 2.45) is 5.92 Å². The van der Waals surface area contributed by atoms with Gasteiger partial charge in [0.1, 0.15) is 11.4 Å². The third-order valence-electron chi connectivity index (χ3n) is 5.42. The van der Waals surface area contributed by atoms with E-state index in [0.717, 1.165) is 17.2 Å². The van der Waals surface area contributed by atoms with Gasteiger partial charge in [0.2, 0.25) is 5.43 Å². The number of alkyl halides is 6. The van der Waals surface area contributed by atoms with Gasteiger partial charge in [0.25, 0.3) is 0 Å². The van der Waals surface area contributed by atoms with Crippen molar-refractivity contribution in [3.8, 4) is 0 Å². The van der Waals surface area contributed by atoms with Gasteiger partial charge in [-0.2, -0.15) is 26.3 Å². The SMILES string of the molecule is CC(C)Cn1cc(C(=O)O)c(=O)c2cc(F)c(N(C)Cc3cc(C(F)(F)F)cc(C(F)(F)F)c3)cc21. The standard InChI is InChI=1S/C24H21F7N2O3/c1-12(2)9-33-11-17(22(35)36)21(34)16-7-18(25)20(8-19(16)33)32(3)10-13-4-14(23(26,27)28)6-15(5-13)24(29,30)31/h4-8,11-12H,9-10H2,1-3H3,(H,35,36). The lowest BCUT2D eigenvalue weighted by Crippen LogP contribution is -2.22. The summed E-state index contributed by atoms with van der Waals surface area (Å²) in [5, 5.41) is 9.12. The van der Waals surface area contributed by atoms with Gasteiger partial charge < -0.3 is 14.6 Å². The number of hydrogen-bond donors (Lipinski definition) is 1. The van der Waals surface area contributed by atoms with Gasteiger partial charge >= 0.3 is 18.3 Å². The molecule has 0 saturated heterocycles. The number of rotatable bonds is 6. The van der Waals surface area contributed by atoms with E-state index in [1.165, 1.54) is 17.7 Å². The van der Waals surface area contributed by atoms with Crippen molar-refractivity contribution < 1.29 is 40.6 Å². The predicted molar refractivity (Wildman–Crippen MR) is 119 cm³/mol. The highest BCUT2D eigenvalue weighted by molar-refractivity contribution is 5.93. The van der Waals surface area contributed by atoms with Crippen LogP contribution >= 0.6 is 0 Å². The number of nitrogens with zero attached hydrogens (tertiary/aromatic N) is 2. The van der Waals surface area contributed by atoms with Crippen molar-refractivity contribution in [2.75, 3.05) is 11.9 Å². The molecule has 1 N–H and O–H groups in total. The molecule has 0 aliphatic rings. The molecule has 0 aliphatic carbocycles. The number of aromatic carboxylic acids is 1. The third kappa shape index (κ3) is 5.63. The van der Waals surface area contributed by atoms with Crippen LogP contribution in [0.4, 0.5) is 36.4 Å². The number of halogens is 7. The molecular weight excluding hydrogens is 497 g/mol. The van der Waals surface area contributed by atoms with E-state index in [-0.39, 0.29) is 40.7 Å². The molecule has 194 valence electrons. The van der Waals surface area contributed by atoms with E-state index in [9.17, 15) is 41.0 Å². The number of carboxylic acid groups (broad SMARTS) is 1. The molecule has 0 unspecified atom stereocenters. The highest BCUT2D eigenvalue weighted by Crippen LogP contribution is 2.37. The molecule has 0 amide bonds. The number of anilines is 1. The smallest absolute Gasteiger partial charge is 0.416 e. The summed E-state index contributed by atoms with van der Waals surface area (Å²) >= 11 is 0. The van der Waals surface area contributed by atoms with Crippen molar-refractivity contribution in [3.05, 3.63) is 74.8 Å². The van der Waals surface area contributed by atoms with Gasteiger partial charge in [0.15, 0.2) is 0 Å². The maximum absolute atomic E-state index is 15.0. The fraction of sp³-hybridized carbons (Fsp3) is 0.333. The number of pyridine rings is 1. The fourth-order valence-corrected chi connectivity index (χ4v) is 3.86. The minimum Gasteiger partial charge on any atom is -0.477 e. The van der Waals surface area contributed by atoms with Crippen molar-refractivity contribution in [3.63, 3.8) is 0 Å². The normalized spacial score (nSPS) is 12.4. The summed E-state index contributed by atoms with van der Waals surface area (Å²) in [5.41, 5.74) is -4.86. The van der Waals surface area contributed by atoms with Crippen molar-refractivity contribution >= 4 is 22.6 Å². The Labute approximate surface area is 200 Å². The topological polar surface area (TPSA) is 62.5 Å². The third-order valence-corrected chi connectivity index (χ3v) is 5.42. The Morgan fingerprint density at radius 1 is 1.00 bits per heavy atom. The van der Waals surface area contributed by atoms with Crippen LogP contribution in [0, 0.1) is 11.7 Å². The Kier molecular flexibility index (Phi) is 7.11. The Bertz CT molecular complexity index is 1340. The molecule has 2 aromatic carbocycles. The van der Waals surface area contributed by atoms with Gasteiger partial charge in [0, 0.05) is 31.7 Å². The van der Waals surface area contributed by atoms with Crippen molar-refractivity contribution in [2.45, 2.75) is 39.3 Å². The molecule has 0 fully saturated rings. The predicted octanol–water partition coefficient (Wildman–Crippen LogP) is 6.17. The van der Waals surface area contributed by atoms with Crippen LogP contribution in [0.3, 0.4) is 0 Å². The molecule has 5 nitrogen and oxygen atoms in total. The Morgan fingerprint density at radius 2 is 1.56 bits per heavy atom. The molecule has 0 aliphatic heterocycles. The van der Waals surface area contributed by atoms with Gasteiger partial charge in [-0.3, -0.25) is 4.79 Å². The van der Waals surface area contributed by atoms with Crippen LogP contribution in [-0.2, 0) is 25.4 Å². The van der Waals surface area contributed by atoms with E-state index < -0.39 is 52.8 Å². The van der Waals surface area contributed by atoms with Crippen molar-refractivity contribution in [1.29, 1.82) is 0 Å². The molecule has 0 bridgehead atoms. The molecule has 3 aromatic rings. The summed E-state index contributed by atoms with van der Waals surface area (Å²) in [7, 11) is 1.27. The molecule has 12 heteroatoms. The van der Waals surface area contributed by atoms with Crippen LogP contribution in [0.25, 0.3) is 10.9 Å². The van der Waals surface area contributed by atoms with Crippen LogP contribution in [0.1, 0.15) is 40.9 Å². The first-order chi connectivity index (χ1) is 16.5. The fourth-order valence-electron chi connectivity index (χ4n) is 3.86. The van der Waals surface area contributed by atoms with Crippen LogP contribution in [-0.4, -0.2) is 22.7 Å². The zero-order chi connectivity index (χ0) is 27.2. The van der Waals surface area contributed by atoms with Crippen molar-refractivity contribution in [1.82, 2.24) is 4.57 Å². The maximum Gasteiger partial charge on any atom is 0.416 e. The second-order valence-corrected chi connectivity index (χ2v) is 8.81. The van der Waals surface area contributed by atoms with Gasteiger partial charge in [-0.05, 0) is 41.8 Å². The molecule has 0 saturated carbocycles. The Balaban J connectivity index is 2.14. The minimum absolute atomic E-state index is 0.00472. The second-order valence-electron chi connectivity index (χ2n) is 8.81. The highest BCUT2D eigenvalue weighted by atomic mass is 19.4. The number of benzene rings is 2. The molecule has 3 rings (SSSR count). The summed E-state index contributed by atoms with van der Waals surface area (Å²) in [6.45, 7) is 3.39. The first-order valence-electron chi connectivity index (χ1n) is 10.6. The lowest BCUT2D eigenvalue weighted by molar-refractivity contribution is -0.143. The Morgan fingerprint density at radius 3 is 2.03 bits per heavy atom. The number of carboxylic acids is 1. The first kappa shape index (κ1) is 27.0. The van der Waals surface area contributed by atoms with Gasteiger partial charge in [0.05, 0.1) is 22.3 Å². The van der Waals surface area contributed by atoms with Gasteiger partial charge in [-0.15, -0.1) is 0 Å². The largest absolute Gasteiger partial charge is 0.477 e. The second kappa shape index (κ2) is 9.47. The molecule has 0 atom stereocenters. The van der Waals surface area contributed by atoms with E-state index >= 15 is 4.39 Å². The summed E-state index contributed by atoms with van der Waals surface area (Å²) in [6.07, 6.45) is -8.94. The molecule has 0 spiro atoms. The first-order valence-corrected chi connectivity index (χ1v) is 10.6. The zero-order valence-electron chi connectivity index (χ0n) is 19.3. The lowest BCUT2D eigenvalue weighted by atomic mass is 10.0. The number of aromatic nitrogens is 1. The lowest BCUT2D eigenvalue weighted by Gasteiger charge is -2.23. The minimum atomic E-state index is -5.03. The maximum atomic E-state index is 15.0. The van der Waals surface area contributed by atoms with E-state index in [2.05, 4.69) is 0 Å². The van der Waals surface area contributed by atoms with Crippen LogP contribution in [0.15, 0.2) is 41.3 Å². The molecule has 36 heavy (non-hydrogen) atoms. The van der Waals surface area contributed by atoms with E-state index in [0.29, 0.717) is 12.1 Å². The van der Waals surface area contributed by atoms with E-state index in [1.807, 2.05) is 13.8 Å². The number of hydrogen-bond acceptors (Lipinski definition) is 3. The average Bonchev–Trinajstić information content (AvgIpc) is 2.73. The summed E-state index contributed by atoms with van der Waals surface area (Å²) < 4.78 is 95.6. The molecular formula is C24H21F7N2O3. The summed E-state index contributed by atoms with van der Waals surface area (Å²) in [6, 6.07) is 3.15. The number of carbonyl (C=O) groups is 1. The zero-order valence-corrected chi connectivity index (χ0v) is 19.3. The molecule has 1 aromatic heterocycles. The van der Waals surface area contributed by atoms with Gasteiger partial charge in [-0.1, -0.05) is 13.8 Å². The highest BCUT2D eigenvalue weighted by Gasteiger charge is 2.37. The van der Waals surface area contributed by atoms with Gasteiger partial charge in [-0.25, -0.2) is 9.18 Å². The summed E-state index contributed by atoms with van der Waals surface area (Å²) in [5.74, 6) is -2.50. The average molecular weight is 518 g/mol. The van der Waals surface area contributed by atoms with E-state index in [4.69, 9.17) is 0 Å². The monoisotopic (exact) mass is 518 g/mol. The van der Waals surface area contributed by atoms with Crippen LogP contribution < -0.4 is 10.3 Å². The number of fused-ring (bicyclic) bond motifs is 1.